The van der Waals surface area contributed by atoms with E-state index in [-0.39, 0.29) is 30.0 Å². The molecule has 2 aromatic carbocycles. The molecule has 6 nitrogen and oxygen atoms in total. The number of anilines is 1. The topological polar surface area (TPSA) is 58.1 Å². The second kappa shape index (κ2) is 11.7. The van der Waals surface area contributed by atoms with Gasteiger partial charge in [0.2, 0.25) is 0 Å². The van der Waals surface area contributed by atoms with Crippen molar-refractivity contribution in [3.63, 3.8) is 0 Å². The van der Waals surface area contributed by atoms with E-state index in [0.717, 1.165) is 36.1 Å². The number of methoxy groups -OCH3 is 2. The molecule has 0 fully saturated rings. The molecule has 3 rings (SSSR count). The number of nitrogens with one attached hydrogen (secondary N) is 2. The molecule has 0 saturated heterocycles. The second-order valence-corrected chi connectivity index (χ2v) is 6.94. The first-order valence-electron chi connectivity index (χ1n) is 9.82. The lowest BCUT2D eigenvalue weighted by Gasteiger charge is -2.21. The predicted octanol–water partition coefficient (Wildman–Crippen LogP) is 4.12. The van der Waals surface area contributed by atoms with Crippen molar-refractivity contribution in [3.05, 3.63) is 65.7 Å². The van der Waals surface area contributed by atoms with Crippen LogP contribution in [0.4, 0.5) is 5.69 Å². The zero-order chi connectivity index (χ0) is 20.6. The fourth-order valence-corrected chi connectivity index (χ4v) is 3.35. The predicted molar refractivity (Wildman–Crippen MR) is 135 cm³/mol. The first-order chi connectivity index (χ1) is 14.1. The number of ether oxygens (including phenoxy) is 2. The Bertz CT molecular complexity index is 860. The molecule has 0 radical (unpaired) electrons. The average Bonchev–Trinajstić information content (AvgIpc) is 3.31. The van der Waals surface area contributed by atoms with Gasteiger partial charge in [0.25, 0.3) is 0 Å². The number of benzene rings is 2. The van der Waals surface area contributed by atoms with E-state index in [9.17, 15) is 0 Å². The van der Waals surface area contributed by atoms with E-state index in [1.165, 1.54) is 11.3 Å². The van der Waals surface area contributed by atoms with Crippen molar-refractivity contribution < 1.29 is 9.47 Å². The quantitative estimate of drug-likeness (QED) is 0.248. The van der Waals surface area contributed by atoms with Gasteiger partial charge < -0.3 is 25.0 Å². The lowest BCUT2D eigenvalue weighted by atomic mass is 10.1. The van der Waals surface area contributed by atoms with E-state index >= 15 is 0 Å². The molecule has 0 spiro atoms. The smallest absolute Gasteiger partial charge is 0.191 e. The highest BCUT2D eigenvalue weighted by atomic mass is 127. The molecule has 1 heterocycles. The van der Waals surface area contributed by atoms with Gasteiger partial charge >= 0.3 is 0 Å². The molecule has 0 amide bonds. The molecule has 0 aliphatic carbocycles. The van der Waals surface area contributed by atoms with E-state index in [1.54, 1.807) is 21.3 Å². The van der Waals surface area contributed by atoms with E-state index in [1.807, 2.05) is 18.2 Å². The van der Waals surface area contributed by atoms with Crippen molar-refractivity contribution in [1.29, 1.82) is 0 Å². The van der Waals surface area contributed by atoms with Gasteiger partial charge in [0.05, 0.1) is 20.3 Å². The minimum atomic E-state index is -0.00343. The third-order valence-corrected chi connectivity index (χ3v) is 5.06. The first-order valence-corrected chi connectivity index (χ1v) is 9.82. The molecular weight excluding hydrogens is 491 g/mol. The normalized spacial score (nSPS) is 14.1. The van der Waals surface area contributed by atoms with E-state index in [4.69, 9.17) is 9.47 Å². The van der Waals surface area contributed by atoms with Crippen LogP contribution < -0.4 is 25.0 Å². The lowest BCUT2D eigenvalue weighted by molar-refractivity contribution is 0.394. The summed E-state index contributed by atoms with van der Waals surface area (Å²) in [5, 5.41) is 6.80. The number of hydrogen-bond donors (Lipinski definition) is 2. The highest BCUT2D eigenvalue weighted by Crippen LogP contribution is 2.29. The second-order valence-electron chi connectivity index (χ2n) is 6.94. The van der Waals surface area contributed by atoms with E-state index in [2.05, 4.69) is 63.9 Å². The van der Waals surface area contributed by atoms with Gasteiger partial charge in [-0.15, -0.1) is 24.0 Å². The van der Waals surface area contributed by atoms with Crippen LogP contribution in [0.2, 0.25) is 0 Å². The highest BCUT2D eigenvalue weighted by Gasteiger charge is 2.14. The van der Waals surface area contributed by atoms with Crippen LogP contribution in [0.15, 0.2) is 59.6 Å². The van der Waals surface area contributed by atoms with Crippen LogP contribution in [0, 0.1) is 0 Å². The van der Waals surface area contributed by atoms with Gasteiger partial charge in [-0.3, -0.25) is 4.99 Å². The van der Waals surface area contributed by atoms with Crippen molar-refractivity contribution in [3.8, 4) is 11.5 Å². The van der Waals surface area contributed by atoms with E-state index in [0.29, 0.717) is 6.54 Å². The van der Waals surface area contributed by atoms with Crippen LogP contribution in [0.1, 0.15) is 24.1 Å². The van der Waals surface area contributed by atoms with Gasteiger partial charge in [0.15, 0.2) is 5.96 Å². The molecule has 1 atom stereocenters. The number of halogens is 1. The zero-order valence-electron chi connectivity index (χ0n) is 18.0. The Morgan fingerprint density at radius 2 is 1.77 bits per heavy atom. The largest absolute Gasteiger partial charge is 0.497 e. The summed E-state index contributed by atoms with van der Waals surface area (Å²) < 4.78 is 10.9. The summed E-state index contributed by atoms with van der Waals surface area (Å²) >= 11 is 0. The van der Waals surface area contributed by atoms with Gasteiger partial charge in [0, 0.05) is 37.9 Å². The standard InChI is InChI=1S/C23H30N4O2.HI/c1-17(21-15-20(28-3)11-12-22(21)29-4)26-23(24-2)25-16-18-7-9-19(10-8-18)27-13-5-6-14-27;/h5-12,15,17H,13-14,16H2,1-4H3,(H2,24,25,26);1H. The minimum absolute atomic E-state index is 0. The summed E-state index contributed by atoms with van der Waals surface area (Å²) in [7, 11) is 5.11. The fourth-order valence-electron chi connectivity index (χ4n) is 3.35. The molecule has 30 heavy (non-hydrogen) atoms. The Hall–Kier alpha value is -2.42. The Kier molecular flexibility index (Phi) is 9.29. The van der Waals surface area contributed by atoms with Crippen molar-refractivity contribution in [2.45, 2.75) is 19.5 Å². The Morgan fingerprint density at radius 3 is 2.37 bits per heavy atom. The molecule has 2 N–H and O–H groups in total. The molecule has 0 saturated carbocycles. The average molecular weight is 522 g/mol. The van der Waals surface area contributed by atoms with Gasteiger partial charge in [-0.05, 0) is 42.8 Å². The van der Waals surface area contributed by atoms with Crippen molar-refractivity contribution in [2.75, 3.05) is 39.3 Å². The maximum Gasteiger partial charge on any atom is 0.191 e. The van der Waals surface area contributed by atoms with Crippen LogP contribution >= 0.6 is 24.0 Å². The highest BCUT2D eigenvalue weighted by molar-refractivity contribution is 14.0. The fraction of sp³-hybridized carbons (Fsp3) is 0.348. The van der Waals surface area contributed by atoms with Gasteiger partial charge in [0.1, 0.15) is 11.5 Å². The summed E-state index contributed by atoms with van der Waals surface area (Å²) in [5.41, 5.74) is 3.47. The zero-order valence-corrected chi connectivity index (χ0v) is 20.3. The summed E-state index contributed by atoms with van der Waals surface area (Å²) in [6, 6.07) is 14.4. The molecule has 162 valence electrons. The molecule has 2 aromatic rings. The van der Waals surface area contributed by atoms with Gasteiger partial charge in [-0.25, -0.2) is 0 Å². The van der Waals surface area contributed by atoms with E-state index < -0.39 is 0 Å². The van der Waals surface area contributed by atoms with Crippen molar-refractivity contribution >= 4 is 35.6 Å². The van der Waals surface area contributed by atoms with Crippen molar-refractivity contribution in [1.82, 2.24) is 10.6 Å². The lowest BCUT2D eigenvalue weighted by Crippen LogP contribution is -2.38. The minimum Gasteiger partial charge on any atom is -0.497 e. The van der Waals surface area contributed by atoms with Crippen molar-refractivity contribution in [2.24, 2.45) is 4.99 Å². The van der Waals surface area contributed by atoms with Crippen LogP contribution in [-0.4, -0.2) is 40.3 Å². The molecular formula is C23H31IN4O2. The molecule has 1 aliphatic rings. The Morgan fingerprint density at radius 1 is 1.07 bits per heavy atom. The third-order valence-electron chi connectivity index (χ3n) is 5.06. The summed E-state index contributed by atoms with van der Waals surface area (Å²) in [6.07, 6.45) is 4.40. The number of hydrogen-bond acceptors (Lipinski definition) is 4. The Balaban J connectivity index is 0.00000320. The molecule has 1 unspecified atom stereocenters. The summed E-state index contributed by atoms with van der Waals surface area (Å²) in [5.74, 6) is 2.34. The number of aliphatic imine (C=N–C) groups is 1. The van der Waals surface area contributed by atoms with Crippen LogP contribution in [0.3, 0.4) is 0 Å². The first kappa shape index (κ1) is 23.9. The Labute approximate surface area is 196 Å². The molecule has 1 aliphatic heterocycles. The molecule has 0 bridgehead atoms. The molecule has 7 heteroatoms. The number of nitrogens with zero attached hydrogens (tertiary/aromatic N) is 2. The van der Waals surface area contributed by atoms with Gasteiger partial charge in [-0.1, -0.05) is 24.3 Å². The monoisotopic (exact) mass is 522 g/mol. The third kappa shape index (κ3) is 6.04. The van der Waals surface area contributed by atoms with Crippen LogP contribution in [0.5, 0.6) is 11.5 Å². The van der Waals surface area contributed by atoms with Gasteiger partial charge in [-0.2, -0.15) is 0 Å². The SMILES string of the molecule is CN=C(NCc1ccc(N2CC=CC2)cc1)NC(C)c1cc(OC)ccc1OC.I. The number of rotatable bonds is 7. The maximum atomic E-state index is 5.50. The number of guanidine groups is 1. The molecule has 0 aromatic heterocycles. The van der Waals surface area contributed by atoms with Crippen LogP contribution in [0.25, 0.3) is 0 Å². The summed E-state index contributed by atoms with van der Waals surface area (Å²) in [6.45, 7) is 4.74. The summed E-state index contributed by atoms with van der Waals surface area (Å²) in [4.78, 5) is 6.69. The van der Waals surface area contributed by atoms with Crippen LogP contribution in [-0.2, 0) is 6.54 Å². The maximum absolute atomic E-state index is 5.50.